The molecule has 2 rings (SSSR count). The van der Waals surface area contributed by atoms with Crippen LogP contribution in [0.25, 0.3) is 0 Å². The van der Waals surface area contributed by atoms with Crippen LogP contribution in [-0.4, -0.2) is 37.8 Å². The Balaban J connectivity index is 1.81. The number of para-hydroxylation sites is 1. The summed E-state index contributed by atoms with van der Waals surface area (Å²) in [5.74, 6) is -2.59. The van der Waals surface area contributed by atoms with Gasteiger partial charge in [0, 0.05) is 13.5 Å². The molecule has 1 aliphatic rings. The zero-order valence-electron chi connectivity index (χ0n) is 19.3. The number of carbonyl (C=O) groups is 1. The molecule has 0 bridgehead atoms. The van der Waals surface area contributed by atoms with Gasteiger partial charge in [0.2, 0.25) is 0 Å². The van der Waals surface area contributed by atoms with Crippen LogP contribution in [0.15, 0.2) is 54.6 Å². The Kier molecular flexibility index (Phi) is 10.9. The van der Waals surface area contributed by atoms with Crippen molar-refractivity contribution in [1.82, 2.24) is 0 Å². The first kappa shape index (κ1) is 26.0. The van der Waals surface area contributed by atoms with Crippen molar-refractivity contribution in [1.29, 1.82) is 0 Å². The van der Waals surface area contributed by atoms with Gasteiger partial charge in [-0.2, -0.15) is 8.78 Å². The van der Waals surface area contributed by atoms with Gasteiger partial charge >= 0.3 is 5.97 Å². The second-order valence-corrected chi connectivity index (χ2v) is 8.54. The zero-order chi connectivity index (χ0) is 23.4. The molecule has 1 saturated carbocycles. The van der Waals surface area contributed by atoms with Gasteiger partial charge in [-0.15, -0.1) is 0 Å². The number of unbranched alkanes of at least 4 members (excludes halogenated alkanes) is 1. The van der Waals surface area contributed by atoms with E-state index < -0.39 is 12.5 Å². The van der Waals surface area contributed by atoms with E-state index in [0.29, 0.717) is 12.2 Å². The van der Waals surface area contributed by atoms with E-state index in [4.69, 9.17) is 14.2 Å². The SMILES string of the molecule is CO[C@H]1CC[C@H](/C=C/C(F)(F)COc2ccccc2)[C@H]1C/C=C\CCCC(=O)OC(C)C. The van der Waals surface area contributed by atoms with Crippen LogP contribution in [0, 0.1) is 11.8 Å². The van der Waals surface area contributed by atoms with Crippen LogP contribution in [0.4, 0.5) is 8.78 Å². The van der Waals surface area contributed by atoms with Gasteiger partial charge in [-0.1, -0.05) is 36.4 Å². The van der Waals surface area contributed by atoms with E-state index in [1.807, 2.05) is 19.9 Å². The summed E-state index contributed by atoms with van der Waals surface area (Å²) >= 11 is 0. The molecular weight excluding hydrogens is 414 g/mol. The summed E-state index contributed by atoms with van der Waals surface area (Å²) in [6, 6.07) is 8.64. The highest BCUT2D eigenvalue weighted by Gasteiger charge is 2.35. The predicted molar refractivity (Wildman–Crippen MR) is 122 cm³/mol. The average molecular weight is 451 g/mol. The number of hydrogen-bond acceptors (Lipinski definition) is 4. The molecule has 0 spiro atoms. The molecule has 0 unspecified atom stereocenters. The number of alkyl halides is 2. The largest absolute Gasteiger partial charge is 0.487 e. The summed E-state index contributed by atoms with van der Waals surface area (Å²) in [4.78, 5) is 11.6. The molecule has 0 saturated heterocycles. The molecule has 1 aliphatic carbocycles. The second-order valence-electron chi connectivity index (χ2n) is 8.54. The molecule has 0 radical (unpaired) electrons. The maximum atomic E-state index is 14.3. The van der Waals surface area contributed by atoms with Gasteiger partial charge in [0.25, 0.3) is 5.92 Å². The van der Waals surface area contributed by atoms with E-state index >= 15 is 0 Å². The Labute approximate surface area is 190 Å². The molecule has 3 atom stereocenters. The van der Waals surface area contributed by atoms with Crippen molar-refractivity contribution in [2.45, 2.75) is 70.5 Å². The third-order valence-electron chi connectivity index (χ3n) is 5.57. The molecule has 1 aromatic carbocycles. The molecule has 0 amide bonds. The van der Waals surface area contributed by atoms with Gasteiger partial charge in [0.05, 0.1) is 12.2 Å². The molecule has 4 nitrogen and oxygen atoms in total. The Bertz CT molecular complexity index is 731. The topological polar surface area (TPSA) is 44.8 Å². The van der Waals surface area contributed by atoms with E-state index in [2.05, 4.69) is 12.2 Å². The van der Waals surface area contributed by atoms with Crippen LogP contribution in [0.1, 0.15) is 52.4 Å². The number of carbonyl (C=O) groups excluding carboxylic acids is 1. The van der Waals surface area contributed by atoms with E-state index in [-0.39, 0.29) is 30.0 Å². The van der Waals surface area contributed by atoms with Crippen molar-refractivity contribution in [3.8, 4) is 5.75 Å². The summed E-state index contributed by atoms with van der Waals surface area (Å²) in [5.41, 5.74) is 0. The van der Waals surface area contributed by atoms with Crippen LogP contribution in [0.5, 0.6) is 5.75 Å². The molecule has 0 heterocycles. The fourth-order valence-corrected chi connectivity index (χ4v) is 3.98. The molecular formula is C26H36F2O4. The number of rotatable bonds is 13. The van der Waals surface area contributed by atoms with Crippen molar-refractivity contribution >= 4 is 5.97 Å². The van der Waals surface area contributed by atoms with Gasteiger partial charge in [0.1, 0.15) is 5.75 Å². The first-order valence-electron chi connectivity index (χ1n) is 11.4. The van der Waals surface area contributed by atoms with Crippen LogP contribution in [0.2, 0.25) is 0 Å². The third kappa shape index (κ3) is 9.51. The average Bonchev–Trinajstić information content (AvgIpc) is 3.15. The molecule has 1 fully saturated rings. The number of hydrogen-bond donors (Lipinski definition) is 0. The third-order valence-corrected chi connectivity index (χ3v) is 5.57. The first-order chi connectivity index (χ1) is 15.3. The summed E-state index contributed by atoms with van der Waals surface area (Å²) in [5, 5.41) is 0. The Morgan fingerprint density at radius 3 is 2.62 bits per heavy atom. The van der Waals surface area contributed by atoms with Gasteiger partial charge < -0.3 is 14.2 Å². The minimum Gasteiger partial charge on any atom is -0.487 e. The van der Waals surface area contributed by atoms with Crippen molar-refractivity contribution in [3.63, 3.8) is 0 Å². The van der Waals surface area contributed by atoms with Crippen LogP contribution in [0.3, 0.4) is 0 Å². The van der Waals surface area contributed by atoms with Crippen molar-refractivity contribution in [3.05, 3.63) is 54.6 Å². The fourth-order valence-electron chi connectivity index (χ4n) is 3.98. The molecule has 0 aromatic heterocycles. The Morgan fingerprint density at radius 1 is 1.19 bits per heavy atom. The number of ether oxygens (including phenoxy) is 3. The normalized spacial score (nSPS) is 21.6. The number of benzene rings is 1. The smallest absolute Gasteiger partial charge is 0.306 e. The highest BCUT2D eigenvalue weighted by Crippen LogP contribution is 2.38. The fraction of sp³-hybridized carbons (Fsp3) is 0.577. The Morgan fingerprint density at radius 2 is 1.94 bits per heavy atom. The molecule has 0 N–H and O–H groups in total. The molecule has 6 heteroatoms. The van der Waals surface area contributed by atoms with E-state index in [1.165, 1.54) is 0 Å². The van der Waals surface area contributed by atoms with Gasteiger partial charge in [0.15, 0.2) is 6.61 Å². The van der Waals surface area contributed by atoms with Crippen LogP contribution >= 0.6 is 0 Å². The monoisotopic (exact) mass is 450 g/mol. The summed E-state index contributed by atoms with van der Waals surface area (Å²) in [6.07, 6.45) is 11.1. The highest BCUT2D eigenvalue weighted by atomic mass is 19.3. The van der Waals surface area contributed by atoms with Crippen LogP contribution < -0.4 is 4.74 Å². The lowest BCUT2D eigenvalue weighted by Crippen LogP contribution is -2.24. The number of halogens is 2. The lowest BCUT2D eigenvalue weighted by molar-refractivity contribution is -0.147. The lowest BCUT2D eigenvalue weighted by atomic mass is 9.90. The van der Waals surface area contributed by atoms with E-state index in [1.54, 1.807) is 37.5 Å². The second kappa shape index (κ2) is 13.4. The number of allylic oxidation sites excluding steroid dienone is 3. The van der Waals surface area contributed by atoms with Gasteiger partial charge in [-0.3, -0.25) is 4.79 Å². The van der Waals surface area contributed by atoms with Gasteiger partial charge in [-0.05, 0) is 76.0 Å². The van der Waals surface area contributed by atoms with Crippen LogP contribution in [-0.2, 0) is 14.3 Å². The van der Waals surface area contributed by atoms with Gasteiger partial charge in [-0.25, -0.2) is 0 Å². The number of methoxy groups -OCH3 is 1. The van der Waals surface area contributed by atoms with Crippen molar-refractivity contribution < 1.29 is 27.8 Å². The minimum atomic E-state index is -3.04. The van der Waals surface area contributed by atoms with Crippen molar-refractivity contribution in [2.75, 3.05) is 13.7 Å². The van der Waals surface area contributed by atoms with E-state index in [0.717, 1.165) is 38.2 Å². The summed E-state index contributed by atoms with van der Waals surface area (Å²) in [7, 11) is 1.68. The van der Waals surface area contributed by atoms with Crippen molar-refractivity contribution in [2.24, 2.45) is 11.8 Å². The zero-order valence-corrected chi connectivity index (χ0v) is 19.3. The molecule has 0 aliphatic heterocycles. The molecule has 178 valence electrons. The summed E-state index contributed by atoms with van der Waals surface area (Å²) < 4.78 is 44.6. The van der Waals surface area contributed by atoms with E-state index in [9.17, 15) is 13.6 Å². The molecule has 1 aromatic rings. The quantitative estimate of drug-likeness (QED) is 0.199. The number of esters is 1. The lowest BCUT2D eigenvalue weighted by Gasteiger charge is -2.21. The highest BCUT2D eigenvalue weighted by molar-refractivity contribution is 5.69. The summed E-state index contributed by atoms with van der Waals surface area (Å²) in [6.45, 7) is 2.99. The minimum absolute atomic E-state index is 0.0354. The molecule has 32 heavy (non-hydrogen) atoms. The Hall–Kier alpha value is -2.21. The maximum Gasteiger partial charge on any atom is 0.306 e. The maximum absolute atomic E-state index is 14.3. The standard InChI is InChI=1S/C26H36F2O4/c1-20(2)32-25(29)14-10-5-4-9-13-23-21(15-16-24(23)30-3)17-18-26(27,28)19-31-22-11-7-6-8-12-22/h4,6-9,11-12,17-18,20-21,23-24H,5,10,13-16,19H2,1-3H3/b9-4-,18-17+/t21-,23-,24+/m1/s1. The predicted octanol–water partition coefficient (Wildman–Crippen LogP) is 6.37. The first-order valence-corrected chi connectivity index (χ1v) is 11.4.